The standard InChI is InChI=1S/C18H19F3N4O2S/c19-18(20,21)10-15(26)24-6-8-25(9-7-24)17(27)22-11-14-12-28-16(23-14)13-4-2-1-3-5-13/h1-5,12H,6-11H2,(H,22,27). The molecular formula is C18H19F3N4O2S. The van der Waals surface area contributed by atoms with Crippen molar-refractivity contribution in [2.45, 2.75) is 19.1 Å². The Morgan fingerprint density at radius 1 is 1.07 bits per heavy atom. The van der Waals surface area contributed by atoms with Gasteiger partial charge in [-0.15, -0.1) is 11.3 Å². The fourth-order valence-corrected chi connectivity index (χ4v) is 3.65. The molecule has 2 aromatic rings. The SMILES string of the molecule is O=C(CC(F)(F)F)N1CCN(C(=O)NCc2csc(-c3ccccc3)n2)CC1. The molecular weight excluding hydrogens is 393 g/mol. The highest BCUT2D eigenvalue weighted by atomic mass is 32.1. The van der Waals surface area contributed by atoms with Crippen molar-refractivity contribution in [3.05, 3.63) is 41.4 Å². The van der Waals surface area contributed by atoms with E-state index in [-0.39, 0.29) is 38.8 Å². The second-order valence-electron chi connectivity index (χ2n) is 6.33. The van der Waals surface area contributed by atoms with Gasteiger partial charge in [-0.05, 0) is 0 Å². The number of rotatable bonds is 4. The molecule has 3 rings (SSSR count). The Hall–Kier alpha value is -2.62. The van der Waals surface area contributed by atoms with E-state index in [1.807, 2.05) is 35.7 Å². The zero-order valence-corrected chi connectivity index (χ0v) is 15.7. The van der Waals surface area contributed by atoms with Crippen molar-refractivity contribution in [2.75, 3.05) is 26.2 Å². The van der Waals surface area contributed by atoms with Crippen LogP contribution in [0.25, 0.3) is 10.6 Å². The van der Waals surface area contributed by atoms with Crippen LogP contribution >= 0.6 is 11.3 Å². The number of nitrogens with one attached hydrogen (secondary N) is 1. The van der Waals surface area contributed by atoms with Gasteiger partial charge in [-0.3, -0.25) is 4.79 Å². The summed E-state index contributed by atoms with van der Waals surface area (Å²) in [5.74, 6) is -0.955. The first-order valence-corrected chi connectivity index (χ1v) is 9.57. The molecule has 0 spiro atoms. The lowest BCUT2D eigenvalue weighted by molar-refractivity contribution is -0.162. The van der Waals surface area contributed by atoms with Crippen molar-refractivity contribution < 1.29 is 22.8 Å². The van der Waals surface area contributed by atoms with E-state index < -0.39 is 18.5 Å². The minimum Gasteiger partial charge on any atom is -0.339 e. The predicted molar refractivity (Wildman–Crippen MR) is 98.6 cm³/mol. The van der Waals surface area contributed by atoms with Crippen LogP contribution in [0.15, 0.2) is 35.7 Å². The molecule has 1 aromatic carbocycles. The summed E-state index contributed by atoms with van der Waals surface area (Å²) < 4.78 is 36.9. The molecule has 0 radical (unpaired) electrons. The summed E-state index contributed by atoms with van der Waals surface area (Å²) in [6.45, 7) is 0.841. The average Bonchev–Trinajstić information content (AvgIpc) is 3.15. The summed E-state index contributed by atoms with van der Waals surface area (Å²) in [6.07, 6.45) is -5.98. The van der Waals surface area contributed by atoms with E-state index in [4.69, 9.17) is 0 Å². The number of hydrogen-bond donors (Lipinski definition) is 1. The maximum absolute atomic E-state index is 12.3. The fourth-order valence-electron chi connectivity index (χ4n) is 2.82. The van der Waals surface area contributed by atoms with Crippen LogP contribution in [0, 0.1) is 0 Å². The normalized spacial score (nSPS) is 14.8. The topological polar surface area (TPSA) is 65.5 Å². The number of thiazole rings is 1. The van der Waals surface area contributed by atoms with Crippen LogP contribution in [0.1, 0.15) is 12.1 Å². The molecule has 1 fully saturated rings. The van der Waals surface area contributed by atoms with E-state index in [0.717, 1.165) is 21.2 Å². The van der Waals surface area contributed by atoms with Crippen molar-refractivity contribution >= 4 is 23.3 Å². The summed E-state index contributed by atoms with van der Waals surface area (Å²) in [4.78, 5) is 31.0. The maximum atomic E-state index is 12.3. The lowest BCUT2D eigenvalue weighted by Gasteiger charge is -2.34. The minimum atomic E-state index is -4.52. The number of halogens is 3. The van der Waals surface area contributed by atoms with Crippen molar-refractivity contribution in [1.82, 2.24) is 20.1 Å². The van der Waals surface area contributed by atoms with Crippen molar-refractivity contribution in [3.8, 4) is 10.6 Å². The van der Waals surface area contributed by atoms with Crippen LogP contribution < -0.4 is 5.32 Å². The molecule has 0 atom stereocenters. The number of amides is 3. The van der Waals surface area contributed by atoms with E-state index in [0.29, 0.717) is 0 Å². The van der Waals surface area contributed by atoms with Gasteiger partial charge >= 0.3 is 12.2 Å². The Morgan fingerprint density at radius 3 is 2.36 bits per heavy atom. The summed E-state index contributed by atoms with van der Waals surface area (Å²) in [7, 11) is 0. The van der Waals surface area contributed by atoms with Crippen LogP contribution in [0.4, 0.5) is 18.0 Å². The van der Waals surface area contributed by atoms with Crippen LogP contribution in [0.2, 0.25) is 0 Å². The molecule has 0 saturated carbocycles. The number of piperazine rings is 1. The largest absolute Gasteiger partial charge is 0.397 e. The second-order valence-corrected chi connectivity index (χ2v) is 7.19. The van der Waals surface area contributed by atoms with Gasteiger partial charge in [0, 0.05) is 37.1 Å². The van der Waals surface area contributed by atoms with Crippen molar-refractivity contribution in [1.29, 1.82) is 0 Å². The van der Waals surface area contributed by atoms with Crippen LogP contribution in [0.3, 0.4) is 0 Å². The van der Waals surface area contributed by atoms with Gasteiger partial charge in [-0.2, -0.15) is 13.2 Å². The quantitative estimate of drug-likeness (QED) is 0.839. The molecule has 150 valence electrons. The highest BCUT2D eigenvalue weighted by molar-refractivity contribution is 7.13. The zero-order chi connectivity index (χ0) is 20.1. The molecule has 1 aromatic heterocycles. The molecule has 28 heavy (non-hydrogen) atoms. The monoisotopic (exact) mass is 412 g/mol. The van der Waals surface area contributed by atoms with E-state index in [1.54, 1.807) is 0 Å². The Labute approximate surface area is 164 Å². The third kappa shape index (κ3) is 5.44. The van der Waals surface area contributed by atoms with Gasteiger partial charge in [0.1, 0.15) is 11.4 Å². The van der Waals surface area contributed by atoms with Crippen LogP contribution in [0.5, 0.6) is 0 Å². The van der Waals surface area contributed by atoms with Crippen LogP contribution in [-0.4, -0.2) is 59.1 Å². The molecule has 0 aliphatic carbocycles. The minimum absolute atomic E-state index is 0.0944. The second kappa shape index (κ2) is 8.59. The molecule has 3 amide bonds. The first-order valence-electron chi connectivity index (χ1n) is 8.69. The third-order valence-corrected chi connectivity index (χ3v) is 5.20. The highest BCUT2D eigenvalue weighted by Gasteiger charge is 2.34. The van der Waals surface area contributed by atoms with Gasteiger partial charge in [0.25, 0.3) is 0 Å². The molecule has 6 nitrogen and oxygen atoms in total. The Balaban J connectivity index is 1.45. The summed E-state index contributed by atoms with van der Waals surface area (Å²) in [6, 6.07) is 9.38. The van der Waals surface area contributed by atoms with E-state index in [1.165, 1.54) is 16.2 Å². The molecule has 2 heterocycles. The molecule has 0 unspecified atom stereocenters. The highest BCUT2D eigenvalue weighted by Crippen LogP contribution is 2.23. The Morgan fingerprint density at radius 2 is 1.71 bits per heavy atom. The van der Waals surface area contributed by atoms with Gasteiger partial charge < -0.3 is 15.1 Å². The van der Waals surface area contributed by atoms with E-state index >= 15 is 0 Å². The van der Waals surface area contributed by atoms with Gasteiger partial charge in [-0.25, -0.2) is 9.78 Å². The Bertz CT molecular complexity index is 818. The van der Waals surface area contributed by atoms with Crippen LogP contribution in [-0.2, 0) is 11.3 Å². The summed E-state index contributed by atoms with van der Waals surface area (Å²) in [5.41, 5.74) is 1.74. The van der Waals surface area contributed by atoms with E-state index in [2.05, 4.69) is 10.3 Å². The smallest absolute Gasteiger partial charge is 0.339 e. The number of carbonyl (C=O) groups is 2. The summed E-state index contributed by atoms with van der Waals surface area (Å²) >= 11 is 1.49. The number of carbonyl (C=O) groups excluding carboxylic acids is 2. The van der Waals surface area contributed by atoms with Gasteiger partial charge in [-0.1, -0.05) is 30.3 Å². The Kier molecular flexibility index (Phi) is 6.18. The number of aromatic nitrogens is 1. The predicted octanol–water partition coefficient (Wildman–Crippen LogP) is 3.12. The van der Waals surface area contributed by atoms with Gasteiger partial charge in [0.15, 0.2) is 0 Å². The zero-order valence-electron chi connectivity index (χ0n) is 14.9. The molecule has 1 aliphatic heterocycles. The van der Waals surface area contributed by atoms with Gasteiger partial charge in [0.2, 0.25) is 5.91 Å². The number of nitrogens with zero attached hydrogens (tertiary/aromatic N) is 3. The van der Waals surface area contributed by atoms with Gasteiger partial charge in [0.05, 0.1) is 12.2 Å². The third-order valence-electron chi connectivity index (χ3n) is 4.26. The summed E-state index contributed by atoms with van der Waals surface area (Å²) in [5, 5.41) is 5.50. The fraction of sp³-hybridized carbons (Fsp3) is 0.389. The van der Waals surface area contributed by atoms with Crippen molar-refractivity contribution in [3.63, 3.8) is 0 Å². The molecule has 0 bridgehead atoms. The van der Waals surface area contributed by atoms with E-state index in [9.17, 15) is 22.8 Å². The average molecular weight is 412 g/mol. The first kappa shape index (κ1) is 20.1. The number of urea groups is 1. The maximum Gasteiger partial charge on any atom is 0.397 e. The molecule has 10 heteroatoms. The lowest BCUT2D eigenvalue weighted by atomic mass is 10.2. The first-order chi connectivity index (χ1) is 13.3. The lowest BCUT2D eigenvalue weighted by Crippen LogP contribution is -2.53. The molecule has 1 N–H and O–H groups in total. The van der Waals surface area contributed by atoms with Crippen molar-refractivity contribution in [2.24, 2.45) is 0 Å². The number of alkyl halides is 3. The molecule has 1 aliphatic rings. The molecule has 1 saturated heterocycles. The number of benzene rings is 1. The number of hydrogen-bond acceptors (Lipinski definition) is 4.